The van der Waals surface area contributed by atoms with Crippen LogP contribution in [0.15, 0.2) is 33.5 Å². The van der Waals surface area contributed by atoms with Crippen molar-refractivity contribution in [2.24, 2.45) is 0 Å². The van der Waals surface area contributed by atoms with Gasteiger partial charge in [0.15, 0.2) is 12.4 Å². The summed E-state index contributed by atoms with van der Waals surface area (Å²) in [5, 5.41) is 9.25. The van der Waals surface area contributed by atoms with E-state index in [2.05, 4.69) is 0 Å². The average molecular weight is 314 g/mol. The fraction of sp³-hybridized carbons (Fsp3) is 0.462. The summed E-state index contributed by atoms with van der Waals surface area (Å²) in [6, 6.07) is 1.04. The largest absolute Gasteiger partial charge is 0.463 e. The van der Waals surface area contributed by atoms with Crippen molar-refractivity contribution < 1.29 is 23.8 Å². The van der Waals surface area contributed by atoms with Gasteiger partial charge in [-0.15, -0.1) is 0 Å². The maximum Gasteiger partial charge on any atom is 0.330 e. The van der Waals surface area contributed by atoms with Crippen molar-refractivity contribution in [2.75, 3.05) is 13.2 Å². The van der Waals surface area contributed by atoms with Crippen LogP contribution in [0.4, 0.5) is 4.39 Å². The summed E-state index contributed by atoms with van der Waals surface area (Å²) in [6.07, 6.45) is -2.32. The van der Waals surface area contributed by atoms with Gasteiger partial charge in [0.05, 0.1) is 13.2 Å². The zero-order valence-electron chi connectivity index (χ0n) is 11.7. The average Bonchev–Trinajstić information content (AvgIpc) is 2.76. The highest BCUT2D eigenvalue weighted by Crippen LogP contribution is 2.34. The molecule has 2 N–H and O–H groups in total. The molecule has 1 aromatic heterocycles. The smallest absolute Gasteiger partial charge is 0.330 e. The van der Waals surface area contributed by atoms with Crippen LogP contribution in [0.25, 0.3) is 0 Å². The number of H-pyrrole nitrogens is 1. The van der Waals surface area contributed by atoms with Crippen molar-refractivity contribution in [3.05, 3.63) is 44.8 Å². The number of nitrogens with one attached hydrogen (secondary N) is 1. The van der Waals surface area contributed by atoms with Gasteiger partial charge in [0.2, 0.25) is 0 Å². The van der Waals surface area contributed by atoms with E-state index in [4.69, 9.17) is 9.47 Å². The van der Waals surface area contributed by atoms with Crippen LogP contribution in [0.5, 0.6) is 0 Å². The van der Waals surface area contributed by atoms with Crippen LogP contribution in [-0.2, 0) is 14.3 Å². The number of carbonyl (C=O) groups excluding carboxylic acids is 1. The molecular formula is C13H15FN2O6. The van der Waals surface area contributed by atoms with Gasteiger partial charge in [-0.3, -0.25) is 14.3 Å². The predicted molar refractivity (Wildman–Crippen MR) is 71.9 cm³/mol. The van der Waals surface area contributed by atoms with E-state index in [0.29, 0.717) is 0 Å². The highest BCUT2D eigenvalue weighted by Gasteiger charge is 2.42. The maximum atomic E-state index is 14.5. The summed E-state index contributed by atoms with van der Waals surface area (Å²) in [5.74, 6) is -0.767. The minimum Gasteiger partial charge on any atom is -0.463 e. The van der Waals surface area contributed by atoms with E-state index in [1.54, 1.807) is 6.92 Å². The Labute approximate surface area is 123 Å². The second-order valence-electron chi connectivity index (χ2n) is 4.51. The number of alkyl halides is 1. The standard InChI is InChI=1S/C13H15FN2O6/c1-2-21-10(19)5-7-8(6-17)22-12(11(7)14)16-4-3-9(18)15-13(16)20/h3-5,8,11-12,17H,2,6H2,1H3,(H,15,18,20)/b7-5-/t8-,11-,12-/m1/s1. The molecule has 1 aliphatic heterocycles. The Morgan fingerprint density at radius 3 is 2.91 bits per heavy atom. The SMILES string of the molecule is CCOC(=O)/C=C1\[C@@H](F)[C@H](n2ccc(=O)[nH]c2=O)O[C@@H]1CO. The Morgan fingerprint density at radius 1 is 1.59 bits per heavy atom. The number of nitrogens with zero attached hydrogens (tertiary/aromatic N) is 1. The van der Waals surface area contributed by atoms with Crippen LogP contribution in [0, 0.1) is 0 Å². The van der Waals surface area contributed by atoms with Gasteiger partial charge in [-0.1, -0.05) is 0 Å². The quantitative estimate of drug-likeness (QED) is 0.559. The molecule has 1 saturated heterocycles. The summed E-state index contributed by atoms with van der Waals surface area (Å²) in [5.41, 5.74) is -1.60. The molecule has 2 rings (SSSR count). The number of aliphatic hydroxyl groups is 1. The lowest BCUT2D eigenvalue weighted by Crippen LogP contribution is -2.34. The number of ether oxygens (including phenoxy) is 2. The highest BCUT2D eigenvalue weighted by atomic mass is 19.1. The van der Waals surface area contributed by atoms with E-state index in [1.165, 1.54) is 0 Å². The van der Waals surface area contributed by atoms with E-state index in [1.807, 2.05) is 4.98 Å². The van der Waals surface area contributed by atoms with Crippen LogP contribution in [0.3, 0.4) is 0 Å². The molecule has 8 nitrogen and oxygen atoms in total. The summed E-state index contributed by atoms with van der Waals surface area (Å²) in [4.78, 5) is 36.1. The molecule has 1 aliphatic rings. The Hall–Kier alpha value is -2.26. The van der Waals surface area contributed by atoms with Crippen molar-refractivity contribution in [3.8, 4) is 0 Å². The number of hydrogen-bond acceptors (Lipinski definition) is 6. The first-order valence-corrected chi connectivity index (χ1v) is 6.58. The third kappa shape index (κ3) is 3.15. The molecule has 0 spiro atoms. The fourth-order valence-corrected chi connectivity index (χ4v) is 2.13. The van der Waals surface area contributed by atoms with E-state index < -0.39 is 42.3 Å². The molecule has 1 aromatic rings. The molecule has 0 aliphatic carbocycles. The normalized spacial score (nSPS) is 26.3. The number of hydrogen-bond donors (Lipinski definition) is 2. The van der Waals surface area contributed by atoms with Gasteiger partial charge in [-0.25, -0.2) is 14.0 Å². The lowest BCUT2D eigenvalue weighted by atomic mass is 10.1. The molecule has 0 aromatic carbocycles. The van der Waals surface area contributed by atoms with Crippen molar-refractivity contribution in [2.45, 2.75) is 25.4 Å². The van der Waals surface area contributed by atoms with Gasteiger partial charge in [0.25, 0.3) is 5.56 Å². The molecule has 22 heavy (non-hydrogen) atoms. The summed E-state index contributed by atoms with van der Waals surface area (Å²) >= 11 is 0. The van der Waals surface area contributed by atoms with Crippen molar-refractivity contribution in [1.82, 2.24) is 9.55 Å². The third-order valence-electron chi connectivity index (χ3n) is 3.11. The topological polar surface area (TPSA) is 111 Å². The first-order valence-electron chi connectivity index (χ1n) is 6.58. The molecular weight excluding hydrogens is 299 g/mol. The van der Waals surface area contributed by atoms with E-state index in [-0.39, 0.29) is 12.2 Å². The number of rotatable bonds is 4. The number of halogens is 1. The first kappa shape index (κ1) is 16.1. The molecule has 0 unspecified atom stereocenters. The van der Waals surface area contributed by atoms with E-state index >= 15 is 0 Å². The zero-order valence-corrected chi connectivity index (χ0v) is 11.7. The van der Waals surface area contributed by atoms with Crippen molar-refractivity contribution in [1.29, 1.82) is 0 Å². The molecule has 9 heteroatoms. The number of aromatic amines is 1. The number of aliphatic hydroxyl groups excluding tert-OH is 1. The fourth-order valence-electron chi connectivity index (χ4n) is 2.13. The Morgan fingerprint density at radius 2 is 2.32 bits per heavy atom. The second-order valence-corrected chi connectivity index (χ2v) is 4.51. The first-order chi connectivity index (χ1) is 10.5. The summed E-state index contributed by atoms with van der Waals surface area (Å²) in [6.45, 7) is 1.15. The molecule has 0 saturated carbocycles. The van der Waals surface area contributed by atoms with Crippen LogP contribution in [-0.4, -0.2) is 46.1 Å². The predicted octanol–water partition coefficient (Wildman–Crippen LogP) is -0.746. The molecule has 1 fully saturated rings. The Bertz CT molecular complexity index is 694. The third-order valence-corrected chi connectivity index (χ3v) is 3.11. The monoisotopic (exact) mass is 314 g/mol. The Kier molecular flexibility index (Phi) is 4.88. The molecule has 0 bridgehead atoms. The summed E-state index contributed by atoms with van der Waals surface area (Å²) in [7, 11) is 0. The lowest BCUT2D eigenvalue weighted by Gasteiger charge is -2.14. The summed E-state index contributed by atoms with van der Waals surface area (Å²) < 4.78 is 25.3. The minimum absolute atomic E-state index is 0.118. The van der Waals surface area contributed by atoms with E-state index in [9.17, 15) is 23.9 Å². The number of aromatic nitrogens is 2. The van der Waals surface area contributed by atoms with Gasteiger partial charge < -0.3 is 14.6 Å². The van der Waals surface area contributed by atoms with Crippen LogP contribution in [0.2, 0.25) is 0 Å². The van der Waals surface area contributed by atoms with Crippen LogP contribution < -0.4 is 11.2 Å². The van der Waals surface area contributed by atoms with Crippen molar-refractivity contribution >= 4 is 5.97 Å². The second kappa shape index (κ2) is 6.67. The molecule has 120 valence electrons. The minimum atomic E-state index is -1.84. The van der Waals surface area contributed by atoms with Crippen LogP contribution in [0.1, 0.15) is 13.2 Å². The number of carbonyl (C=O) groups is 1. The highest BCUT2D eigenvalue weighted by molar-refractivity contribution is 5.83. The van der Waals surface area contributed by atoms with Gasteiger partial charge in [-0.05, 0) is 6.92 Å². The molecule has 3 atom stereocenters. The van der Waals surface area contributed by atoms with Gasteiger partial charge in [-0.2, -0.15) is 0 Å². The zero-order chi connectivity index (χ0) is 16.3. The van der Waals surface area contributed by atoms with Gasteiger partial charge >= 0.3 is 11.7 Å². The molecule has 2 heterocycles. The lowest BCUT2D eigenvalue weighted by molar-refractivity contribution is -0.137. The van der Waals surface area contributed by atoms with Crippen molar-refractivity contribution in [3.63, 3.8) is 0 Å². The number of esters is 1. The Balaban J connectivity index is 2.35. The van der Waals surface area contributed by atoms with Gasteiger partial charge in [0.1, 0.15) is 6.10 Å². The molecule has 0 amide bonds. The van der Waals surface area contributed by atoms with Gasteiger partial charge in [0, 0.05) is 23.9 Å². The maximum absolute atomic E-state index is 14.5. The van der Waals surface area contributed by atoms with E-state index in [0.717, 1.165) is 22.9 Å². The van der Waals surface area contributed by atoms with Crippen LogP contribution >= 0.6 is 0 Å². The molecule has 0 radical (unpaired) electrons.